The fourth-order valence-corrected chi connectivity index (χ4v) is 4.07. The molecule has 7 heteroatoms. The highest BCUT2D eigenvalue weighted by molar-refractivity contribution is 5.93. The van der Waals surface area contributed by atoms with Crippen LogP contribution in [0.5, 0.6) is 0 Å². The zero-order valence-corrected chi connectivity index (χ0v) is 18.9. The summed E-state index contributed by atoms with van der Waals surface area (Å²) < 4.78 is 13.2. The minimum atomic E-state index is -0.347. The molecule has 1 saturated heterocycles. The number of hydrogen-bond acceptors (Lipinski definition) is 4. The van der Waals surface area contributed by atoms with Gasteiger partial charge in [0.2, 0.25) is 11.8 Å². The average Bonchev–Trinajstić information content (AvgIpc) is 2.78. The van der Waals surface area contributed by atoms with Gasteiger partial charge in [0.05, 0.1) is 11.8 Å². The van der Waals surface area contributed by atoms with E-state index in [0.29, 0.717) is 38.3 Å². The van der Waals surface area contributed by atoms with E-state index >= 15 is 0 Å². The number of hydrogen-bond donors (Lipinski definition) is 2. The summed E-state index contributed by atoms with van der Waals surface area (Å²) in [5, 5.41) is 5.92. The molecule has 0 unspecified atom stereocenters. The smallest absolute Gasteiger partial charge is 0.228 e. The molecular weight excluding hydrogens is 407 g/mol. The molecule has 0 aromatic heterocycles. The molecule has 1 aliphatic heterocycles. The van der Waals surface area contributed by atoms with Gasteiger partial charge < -0.3 is 15.5 Å². The third kappa shape index (κ3) is 7.43. The number of rotatable bonds is 9. The molecule has 0 aliphatic carbocycles. The van der Waals surface area contributed by atoms with Crippen LogP contribution in [-0.4, -0.2) is 61.9 Å². The summed E-state index contributed by atoms with van der Waals surface area (Å²) in [6.07, 6.45) is 1.38. The Morgan fingerprint density at radius 3 is 2.31 bits per heavy atom. The molecule has 0 saturated carbocycles. The van der Waals surface area contributed by atoms with Crippen LogP contribution in [0.4, 0.5) is 10.1 Å². The van der Waals surface area contributed by atoms with Crippen molar-refractivity contribution in [2.24, 2.45) is 11.8 Å². The van der Waals surface area contributed by atoms with E-state index in [1.165, 1.54) is 12.1 Å². The summed E-state index contributed by atoms with van der Waals surface area (Å²) >= 11 is 0. The molecule has 0 spiro atoms. The average molecular weight is 441 g/mol. The first kappa shape index (κ1) is 23.9. The number of nitrogens with zero attached hydrogens (tertiary/aromatic N) is 2. The van der Waals surface area contributed by atoms with E-state index in [2.05, 4.69) is 32.6 Å². The second kappa shape index (κ2) is 11.7. The Labute approximate surface area is 189 Å². The molecule has 0 bridgehead atoms. The van der Waals surface area contributed by atoms with Crippen LogP contribution in [-0.2, 0) is 16.1 Å². The number of benzene rings is 2. The zero-order valence-electron chi connectivity index (χ0n) is 18.9. The minimum absolute atomic E-state index is 0.00102. The van der Waals surface area contributed by atoms with Crippen LogP contribution in [0.2, 0.25) is 0 Å². The molecule has 1 aliphatic rings. The first-order valence-corrected chi connectivity index (χ1v) is 11.2. The van der Waals surface area contributed by atoms with Gasteiger partial charge in [0, 0.05) is 31.9 Å². The first-order chi connectivity index (χ1) is 15.4. The lowest BCUT2D eigenvalue weighted by Crippen LogP contribution is -2.49. The van der Waals surface area contributed by atoms with E-state index in [1.54, 1.807) is 12.1 Å². The van der Waals surface area contributed by atoms with Gasteiger partial charge in [-0.1, -0.05) is 30.3 Å². The van der Waals surface area contributed by atoms with E-state index in [9.17, 15) is 14.0 Å². The molecule has 172 valence electrons. The molecule has 2 aromatic carbocycles. The highest BCUT2D eigenvalue weighted by Crippen LogP contribution is 2.25. The van der Waals surface area contributed by atoms with Gasteiger partial charge in [-0.25, -0.2) is 4.39 Å². The van der Waals surface area contributed by atoms with Crippen molar-refractivity contribution in [1.29, 1.82) is 0 Å². The van der Waals surface area contributed by atoms with Crippen LogP contribution in [0, 0.1) is 17.7 Å². The van der Waals surface area contributed by atoms with Gasteiger partial charge in [0.1, 0.15) is 5.82 Å². The lowest BCUT2D eigenvalue weighted by atomic mass is 9.87. The van der Waals surface area contributed by atoms with Crippen LogP contribution in [0.15, 0.2) is 54.6 Å². The van der Waals surface area contributed by atoms with E-state index in [1.807, 2.05) is 32.3 Å². The predicted molar refractivity (Wildman–Crippen MR) is 125 cm³/mol. The lowest BCUT2D eigenvalue weighted by molar-refractivity contribution is -0.130. The van der Waals surface area contributed by atoms with Crippen LogP contribution in [0.3, 0.4) is 0 Å². The number of amides is 2. The van der Waals surface area contributed by atoms with Crippen molar-refractivity contribution in [3.63, 3.8) is 0 Å². The fraction of sp³-hybridized carbons (Fsp3) is 0.440. The van der Waals surface area contributed by atoms with E-state index < -0.39 is 0 Å². The number of halogens is 1. The highest BCUT2D eigenvalue weighted by atomic mass is 19.1. The van der Waals surface area contributed by atoms with Gasteiger partial charge in [-0.05, 0) is 63.3 Å². The van der Waals surface area contributed by atoms with Crippen LogP contribution in [0.25, 0.3) is 0 Å². The standard InChI is InChI=1S/C25H33FN4O2/c1-29(2)14-6-13-27-24(31)20-15-21(25(32)28-23-11-9-22(26)10-12-23)18-30(17-20)16-19-7-4-3-5-8-19/h3-5,7-12,20-21H,6,13-18H2,1-2H3,(H,27,31)(H,28,32)/t20-,21+/m0/s1. The molecule has 6 nitrogen and oxygen atoms in total. The molecule has 2 N–H and O–H groups in total. The number of piperidine rings is 1. The maximum absolute atomic E-state index is 13.2. The first-order valence-electron chi connectivity index (χ1n) is 11.2. The number of carbonyl (C=O) groups excluding carboxylic acids is 2. The largest absolute Gasteiger partial charge is 0.356 e. The molecule has 2 amide bonds. The van der Waals surface area contributed by atoms with Crippen molar-refractivity contribution in [2.75, 3.05) is 45.6 Å². The van der Waals surface area contributed by atoms with E-state index in [4.69, 9.17) is 0 Å². The Balaban J connectivity index is 1.65. The highest BCUT2D eigenvalue weighted by Gasteiger charge is 2.35. The summed E-state index contributed by atoms with van der Waals surface area (Å²) in [4.78, 5) is 30.1. The van der Waals surface area contributed by atoms with Crippen molar-refractivity contribution in [1.82, 2.24) is 15.1 Å². The van der Waals surface area contributed by atoms with E-state index in [0.717, 1.165) is 18.5 Å². The number of nitrogens with one attached hydrogen (secondary N) is 2. The molecule has 2 atom stereocenters. The maximum atomic E-state index is 13.2. The Morgan fingerprint density at radius 2 is 1.66 bits per heavy atom. The molecule has 32 heavy (non-hydrogen) atoms. The van der Waals surface area contributed by atoms with Gasteiger partial charge >= 0.3 is 0 Å². The van der Waals surface area contributed by atoms with Crippen LogP contribution < -0.4 is 10.6 Å². The van der Waals surface area contributed by atoms with Gasteiger partial charge in [-0.15, -0.1) is 0 Å². The summed E-state index contributed by atoms with van der Waals surface area (Å²) in [5.74, 6) is -1.06. The second-order valence-electron chi connectivity index (χ2n) is 8.75. The van der Waals surface area contributed by atoms with Crippen molar-refractivity contribution < 1.29 is 14.0 Å². The van der Waals surface area contributed by atoms with Crippen LogP contribution in [0.1, 0.15) is 18.4 Å². The summed E-state index contributed by atoms with van der Waals surface area (Å²) in [6, 6.07) is 15.8. The molecule has 0 radical (unpaired) electrons. The maximum Gasteiger partial charge on any atom is 0.228 e. The predicted octanol–water partition coefficient (Wildman–Crippen LogP) is 2.97. The van der Waals surface area contributed by atoms with Crippen molar-refractivity contribution >= 4 is 17.5 Å². The Hall–Kier alpha value is -2.77. The van der Waals surface area contributed by atoms with Crippen molar-refractivity contribution in [2.45, 2.75) is 19.4 Å². The van der Waals surface area contributed by atoms with Crippen molar-refractivity contribution in [3.05, 3.63) is 66.0 Å². The fourth-order valence-electron chi connectivity index (χ4n) is 4.07. The summed E-state index contributed by atoms with van der Waals surface area (Å²) in [6.45, 7) is 3.42. The van der Waals surface area contributed by atoms with Gasteiger partial charge in [-0.3, -0.25) is 14.5 Å². The van der Waals surface area contributed by atoms with Crippen molar-refractivity contribution in [3.8, 4) is 0 Å². The van der Waals surface area contributed by atoms with Gasteiger partial charge in [0.25, 0.3) is 0 Å². The summed E-state index contributed by atoms with van der Waals surface area (Å²) in [5.41, 5.74) is 1.71. The molecule has 2 aromatic rings. The monoisotopic (exact) mass is 440 g/mol. The Morgan fingerprint density at radius 1 is 1.00 bits per heavy atom. The minimum Gasteiger partial charge on any atom is -0.356 e. The topological polar surface area (TPSA) is 64.7 Å². The second-order valence-corrected chi connectivity index (χ2v) is 8.75. The number of likely N-dealkylation sites (tertiary alicyclic amines) is 1. The van der Waals surface area contributed by atoms with Gasteiger partial charge in [-0.2, -0.15) is 0 Å². The van der Waals surface area contributed by atoms with Gasteiger partial charge in [0.15, 0.2) is 0 Å². The normalized spacial score (nSPS) is 19.0. The number of anilines is 1. The Bertz CT molecular complexity index is 873. The lowest BCUT2D eigenvalue weighted by Gasteiger charge is -2.36. The van der Waals surface area contributed by atoms with Crippen LogP contribution >= 0.6 is 0 Å². The zero-order chi connectivity index (χ0) is 22.9. The molecule has 1 heterocycles. The molecule has 1 fully saturated rings. The molecule has 3 rings (SSSR count). The molecular formula is C25H33FN4O2. The third-order valence-corrected chi connectivity index (χ3v) is 5.71. The quantitative estimate of drug-likeness (QED) is 0.589. The SMILES string of the molecule is CN(C)CCCNC(=O)[C@H]1C[C@@H](C(=O)Nc2ccc(F)cc2)CN(Cc2ccccc2)C1. The third-order valence-electron chi connectivity index (χ3n) is 5.71. The van der Waals surface area contributed by atoms with E-state index in [-0.39, 0.29) is 29.5 Å². The number of carbonyl (C=O) groups is 2. The summed E-state index contributed by atoms with van der Waals surface area (Å²) in [7, 11) is 4.02. The Kier molecular flexibility index (Phi) is 8.76.